The summed E-state index contributed by atoms with van der Waals surface area (Å²) in [6, 6.07) is -0.0677. The molecule has 5 heteroatoms. The number of rotatable bonds is 9. The standard InChI is InChI=1S/C12H24N2O3/c1-3-5-10(13)8-11(15)14-9(2)6-4-7-12(16)17/h9-10H,3-8,13H2,1-2H3,(H,14,15)(H,16,17). The SMILES string of the molecule is CCCC(N)CC(=O)NC(C)CCCC(=O)O. The van der Waals surface area contributed by atoms with Gasteiger partial charge in [-0.1, -0.05) is 13.3 Å². The van der Waals surface area contributed by atoms with E-state index in [4.69, 9.17) is 10.8 Å². The van der Waals surface area contributed by atoms with Crippen LogP contribution in [0, 0.1) is 0 Å². The van der Waals surface area contributed by atoms with Crippen molar-refractivity contribution in [1.82, 2.24) is 5.32 Å². The summed E-state index contributed by atoms with van der Waals surface area (Å²) in [6.07, 6.45) is 3.58. The lowest BCUT2D eigenvalue weighted by Gasteiger charge is -2.15. The summed E-state index contributed by atoms with van der Waals surface area (Å²) in [7, 11) is 0. The molecular weight excluding hydrogens is 220 g/mol. The fraction of sp³-hybridized carbons (Fsp3) is 0.833. The van der Waals surface area contributed by atoms with Crippen LogP contribution in [0.25, 0.3) is 0 Å². The smallest absolute Gasteiger partial charge is 0.303 e. The molecule has 2 atom stereocenters. The van der Waals surface area contributed by atoms with E-state index in [1.807, 2.05) is 13.8 Å². The number of carboxylic acids is 1. The molecule has 4 N–H and O–H groups in total. The van der Waals surface area contributed by atoms with Crippen molar-refractivity contribution in [2.24, 2.45) is 5.73 Å². The number of carboxylic acid groups (broad SMARTS) is 1. The van der Waals surface area contributed by atoms with E-state index in [0.29, 0.717) is 19.3 Å². The molecule has 1 amide bonds. The molecule has 0 bridgehead atoms. The molecule has 0 aliphatic carbocycles. The maximum atomic E-state index is 11.5. The highest BCUT2D eigenvalue weighted by atomic mass is 16.4. The van der Waals surface area contributed by atoms with Crippen LogP contribution in [0.15, 0.2) is 0 Å². The molecule has 0 aromatic carbocycles. The largest absolute Gasteiger partial charge is 0.481 e. The van der Waals surface area contributed by atoms with Crippen LogP contribution >= 0.6 is 0 Å². The second-order valence-corrected chi connectivity index (χ2v) is 4.51. The lowest BCUT2D eigenvalue weighted by Crippen LogP contribution is -2.36. The number of hydrogen-bond acceptors (Lipinski definition) is 3. The summed E-state index contributed by atoms with van der Waals surface area (Å²) in [4.78, 5) is 21.8. The lowest BCUT2D eigenvalue weighted by atomic mass is 10.1. The van der Waals surface area contributed by atoms with E-state index in [1.54, 1.807) is 0 Å². The zero-order chi connectivity index (χ0) is 13.3. The molecule has 0 radical (unpaired) electrons. The van der Waals surface area contributed by atoms with E-state index in [0.717, 1.165) is 12.8 Å². The number of amides is 1. The average molecular weight is 244 g/mol. The predicted molar refractivity (Wildman–Crippen MR) is 66.6 cm³/mol. The van der Waals surface area contributed by atoms with Crippen LogP contribution in [0.2, 0.25) is 0 Å². The van der Waals surface area contributed by atoms with Crippen molar-refractivity contribution < 1.29 is 14.7 Å². The minimum atomic E-state index is -0.798. The van der Waals surface area contributed by atoms with E-state index in [9.17, 15) is 9.59 Å². The maximum absolute atomic E-state index is 11.5. The highest BCUT2D eigenvalue weighted by Crippen LogP contribution is 2.02. The Labute approximate surface area is 103 Å². The van der Waals surface area contributed by atoms with Crippen LogP contribution in [0.4, 0.5) is 0 Å². The predicted octanol–water partition coefficient (Wildman–Crippen LogP) is 1.26. The van der Waals surface area contributed by atoms with Gasteiger partial charge in [0.1, 0.15) is 0 Å². The van der Waals surface area contributed by atoms with Crippen molar-refractivity contribution in [3.8, 4) is 0 Å². The summed E-state index contributed by atoms with van der Waals surface area (Å²) >= 11 is 0. The summed E-state index contributed by atoms with van der Waals surface area (Å²) in [6.45, 7) is 3.91. The number of nitrogens with one attached hydrogen (secondary N) is 1. The van der Waals surface area contributed by atoms with Gasteiger partial charge >= 0.3 is 5.97 Å². The minimum Gasteiger partial charge on any atom is -0.481 e. The third kappa shape index (κ3) is 9.81. The van der Waals surface area contributed by atoms with Crippen LogP contribution in [-0.2, 0) is 9.59 Å². The van der Waals surface area contributed by atoms with Crippen molar-refractivity contribution in [3.63, 3.8) is 0 Å². The Hall–Kier alpha value is -1.10. The Morgan fingerprint density at radius 3 is 2.53 bits per heavy atom. The van der Waals surface area contributed by atoms with Gasteiger partial charge in [0.25, 0.3) is 0 Å². The topological polar surface area (TPSA) is 92.4 Å². The molecule has 5 nitrogen and oxygen atoms in total. The van der Waals surface area contributed by atoms with Gasteiger partial charge in [-0.2, -0.15) is 0 Å². The van der Waals surface area contributed by atoms with Crippen LogP contribution < -0.4 is 11.1 Å². The van der Waals surface area contributed by atoms with E-state index >= 15 is 0 Å². The third-order valence-corrected chi connectivity index (χ3v) is 2.54. The van der Waals surface area contributed by atoms with Crippen LogP contribution in [0.3, 0.4) is 0 Å². The first-order chi connectivity index (χ1) is 7.95. The quantitative estimate of drug-likeness (QED) is 0.569. The van der Waals surface area contributed by atoms with Gasteiger partial charge in [0, 0.05) is 24.9 Å². The average Bonchev–Trinajstić information content (AvgIpc) is 2.16. The molecule has 0 saturated heterocycles. The molecule has 2 unspecified atom stereocenters. The molecule has 0 aromatic rings. The summed E-state index contributed by atoms with van der Waals surface area (Å²) in [5.74, 6) is -0.845. The van der Waals surface area contributed by atoms with E-state index in [-0.39, 0.29) is 24.4 Å². The molecule has 0 aromatic heterocycles. The summed E-state index contributed by atoms with van der Waals surface area (Å²) in [5.41, 5.74) is 5.76. The van der Waals surface area contributed by atoms with Gasteiger partial charge in [-0.15, -0.1) is 0 Å². The molecule has 100 valence electrons. The Morgan fingerprint density at radius 1 is 1.35 bits per heavy atom. The van der Waals surface area contributed by atoms with Gasteiger partial charge in [0.15, 0.2) is 0 Å². The normalized spacial score (nSPS) is 14.1. The molecule has 0 aliphatic heterocycles. The molecule has 0 heterocycles. The first kappa shape index (κ1) is 15.9. The van der Waals surface area contributed by atoms with Crippen molar-refractivity contribution in [3.05, 3.63) is 0 Å². The second-order valence-electron chi connectivity index (χ2n) is 4.51. The van der Waals surface area contributed by atoms with Gasteiger partial charge in [0.05, 0.1) is 0 Å². The van der Waals surface area contributed by atoms with Crippen molar-refractivity contribution in [1.29, 1.82) is 0 Å². The molecule has 0 saturated carbocycles. The molecule has 0 aliphatic rings. The van der Waals surface area contributed by atoms with Crippen LogP contribution in [0.1, 0.15) is 52.4 Å². The molecule has 0 fully saturated rings. The molecular formula is C12H24N2O3. The van der Waals surface area contributed by atoms with E-state index in [1.165, 1.54) is 0 Å². The second kappa shape index (κ2) is 8.98. The number of carbonyl (C=O) groups is 2. The Morgan fingerprint density at radius 2 is 2.00 bits per heavy atom. The monoisotopic (exact) mass is 244 g/mol. The fourth-order valence-corrected chi connectivity index (χ4v) is 1.68. The van der Waals surface area contributed by atoms with Crippen LogP contribution in [-0.4, -0.2) is 29.1 Å². The van der Waals surface area contributed by atoms with Gasteiger partial charge in [0.2, 0.25) is 5.91 Å². The third-order valence-electron chi connectivity index (χ3n) is 2.54. The zero-order valence-electron chi connectivity index (χ0n) is 10.7. The van der Waals surface area contributed by atoms with Crippen molar-refractivity contribution in [2.45, 2.75) is 64.5 Å². The highest BCUT2D eigenvalue weighted by molar-refractivity contribution is 5.76. The van der Waals surface area contributed by atoms with Crippen molar-refractivity contribution in [2.75, 3.05) is 0 Å². The first-order valence-corrected chi connectivity index (χ1v) is 6.22. The van der Waals surface area contributed by atoms with Crippen LogP contribution in [0.5, 0.6) is 0 Å². The van der Waals surface area contributed by atoms with Gasteiger partial charge < -0.3 is 16.2 Å². The minimum absolute atomic E-state index is 0.00989. The Balaban J connectivity index is 3.68. The van der Waals surface area contributed by atoms with Gasteiger partial charge in [-0.3, -0.25) is 9.59 Å². The number of nitrogens with two attached hydrogens (primary N) is 1. The van der Waals surface area contributed by atoms with Gasteiger partial charge in [-0.25, -0.2) is 0 Å². The van der Waals surface area contributed by atoms with Crippen molar-refractivity contribution >= 4 is 11.9 Å². The number of carbonyl (C=O) groups excluding carboxylic acids is 1. The maximum Gasteiger partial charge on any atom is 0.303 e. The molecule has 17 heavy (non-hydrogen) atoms. The fourth-order valence-electron chi connectivity index (χ4n) is 1.68. The Bertz CT molecular complexity index is 244. The molecule has 0 rings (SSSR count). The lowest BCUT2D eigenvalue weighted by molar-refractivity contribution is -0.137. The Kier molecular flexibility index (Phi) is 8.40. The van der Waals surface area contributed by atoms with E-state index in [2.05, 4.69) is 5.32 Å². The summed E-state index contributed by atoms with van der Waals surface area (Å²) in [5, 5.41) is 11.3. The summed E-state index contributed by atoms with van der Waals surface area (Å²) < 4.78 is 0. The highest BCUT2D eigenvalue weighted by Gasteiger charge is 2.11. The zero-order valence-corrected chi connectivity index (χ0v) is 10.7. The van der Waals surface area contributed by atoms with Gasteiger partial charge in [-0.05, 0) is 26.2 Å². The first-order valence-electron chi connectivity index (χ1n) is 6.22. The molecule has 0 spiro atoms. The number of aliphatic carboxylic acids is 1. The number of hydrogen-bond donors (Lipinski definition) is 3. The van der Waals surface area contributed by atoms with E-state index < -0.39 is 5.97 Å².